The van der Waals surface area contributed by atoms with Crippen LogP contribution in [0.4, 0.5) is 0 Å². The van der Waals surface area contributed by atoms with Crippen molar-refractivity contribution in [3.8, 4) is 0 Å². The molecular weight excluding hydrogens is 224 g/mol. The van der Waals surface area contributed by atoms with Crippen molar-refractivity contribution >= 4 is 5.91 Å². The van der Waals surface area contributed by atoms with Crippen LogP contribution < -0.4 is 11.1 Å². The second kappa shape index (κ2) is 7.88. The van der Waals surface area contributed by atoms with Gasteiger partial charge in [-0.2, -0.15) is 0 Å². The SMILES string of the molecule is CCCC(CN)C(=O)NCc1ccc(CC)cc1. The zero-order valence-electron chi connectivity index (χ0n) is 11.4. The minimum Gasteiger partial charge on any atom is -0.352 e. The maximum atomic E-state index is 11.9. The smallest absolute Gasteiger partial charge is 0.224 e. The summed E-state index contributed by atoms with van der Waals surface area (Å²) in [7, 11) is 0. The molecule has 1 aromatic carbocycles. The van der Waals surface area contributed by atoms with Crippen LogP contribution in [-0.2, 0) is 17.8 Å². The number of carbonyl (C=O) groups is 1. The molecule has 0 aromatic heterocycles. The van der Waals surface area contributed by atoms with Gasteiger partial charge in [-0.05, 0) is 24.0 Å². The van der Waals surface area contributed by atoms with E-state index in [0.29, 0.717) is 13.1 Å². The fraction of sp³-hybridized carbons (Fsp3) is 0.533. The Hall–Kier alpha value is -1.35. The van der Waals surface area contributed by atoms with Crippen LogP contribution in [0.25, 0.3) is 0 Å². The Balaban J connectivity index is 2.45. The lowest BCUT2D eigenvalue weighted by Crippen LogP contribution is -2.34. The van der Waals surface area contributed by atoms with Crippen molar-refractivity contribution in [1.82, 2.24) is 5.32 Å². The van der Waals surface area contributed by atoms with E-state index in [0.717, 1.165) is 24.8 Å². The van der Waals surface area contributed by atoms with Gasteiger partial charge in [0, 0.05) is 13.1 Å². The Kier molecular flexibility index (Phi) is 6.44. The minimum absolute atomic E-state index is 0.0510. The van der Waals surface area contributed by atoms with E-state index < -0.39 is 0 Å². The molecule has 0 spiro atoms. The Morgan fingerprint density at radius 2 is 1.83 bits per heavy atom. The molecular formula is C15H24N2O. The van der Waals surface area contributed by atoms with Crippen LogP contribution >= 0.6 is 0 Å². The average molecular weight is 248 g/mol. The fourth-order valence-electron chi connectivity index (χ4n) is 1.93. The second-order valence-corrected chi connectivity index (χ2v) is 4.61. The quantitative estimate of drug-likeness (QED) is 0.777. The van der Waals surface area contributed by atoms with Crippen LogP contribution in [0.5, 0.6) is 0 Å². The molecule has 18 heavy (non-hydrogen) atoms. The van der Waals surface area contributed by atoms with Gasteiger partial charge in [0.05, 0.1) is 5.92 Å². The third kappa shape index (κ3) is 4.49. The molecule has 0 fully saturated rings. The second-order valence-electron chi connectivity index (χ2n) is 4.61. The molecule has 1 aromatic rings. The number of nitrogens with one attached hydrogen (secondary N) is 1. The largest absolute Gasteiger partial charge is 0.352 e. The van der Waals surface area contributed by atoms with Crippen LogP contribution in [0.15, 0.2) is 24.3 Å². The van der Waals surface area contributed by atoms with Gasteiger partial charge in [0.1, 0.15) is 0 Å². The topological polar surface area (TPSA) is 55.1 Å². The standard InChI is InChI=1S/C15H24N2O/c1-3-5-14(10-16)15(18)17-11-13-8-6-12(4-2)7-9-13/h6-9,14H,3-5,10-11,16H2,1-2H3,(H,17,18). The van der Waals surface area contributed by atoms with Crippen LogP contribution in [0.3, 0.4) is 0 Å². The number of nitrogens with two attached hydrogens (primary N) is 1. The van der Waals surface area contributed by atoms with Gasteiger partial charge in [-0.3, -0.25) is 4.79 Å². The third-order valence-corrected chi connectivity index (χ3v) is 3.19. The van der Waals surface area contributed by atoms with Crippen molar-refractivity contribution in [2.45, 2.75) is 39.7 Å². The molecule has 0 saturated carbocycles. The van der Waals surface area contributed by atoms with E-state index in [1.165, 1.54) is 5.56 Å². The molecule has 100 valence electrons. The molecule has 0 bridgehead atoms. The van der Waals surface area contributed by atoms with Gasteiger partial charge in [-0.1, -0.05) is 44.5 Å². The summed E-state index contributed by atoms with van der Waals surface area (Å²) >= 11 is 0. The van der Waals surface area contributed by atoms with E-state index in [2.05, 4.69) is 43.4 Å². The summed E-state index contributed by atoms with van der Waals surface area (Å²) in [5, 5.41) is 2.95. The first kappa shape index (κ1) is 14.7. The predicted molar refractivity (Wildman–Crippen MR) is 75.1 cm³/mol. The molecule has 0 aliphatic heterocycles. The molecule has 1 rings (SSSR count). The van der Waals surface area contributed by atoms with E-state index in [1.807, 2.05) is 0 Å². The summed E-state index contributed by atoms with van der Waals surface area (Å²) in [6.07, 6.45) is 2.88. The highest BCUT2D eigenvalue weighted by atomic mass is 16.1. The first-order valence-corrected chi connectivity index (χ1v) is 6.76. The maximum Gasteiger partial charge on any atom is 0.224 e. The lowest BCUT2D eigenvalue weighted by molar-refractivity contribution is -0.125. The molecule has 3 N–H and O–H groups in total. The van der Waals surface area contributed by atoms with Crippen molar-refractivity contribution in [1.29, 1.82) is 0 Å². The van der Waals surface area contributed by atoms with Gasteiger partial charge >= 0.3 is 0 Å². The third-order valence-electron chi connectivity index (χ3n) is 3.19. The minimum atomic E-state index is -0.0510. The first-order chi connectivity index (χ1) is 8.71. The summed E-state index contributed by atoms with van der Waals surface area (Å²) in [4.78, 5) is 11.9. The number of hydrogen-bond acceptors (Lipinski definition) is 2. The van der Waals surface area contributed by atoms with Gasteiger partial charge < -0.3 is 11.1 Å². The zero-order chi connectivity index (χ0) is 13.4. The number of hydrogen-bond donors (Lipinski definition) is 2. The summed E-state index contributed by atoms with van der Waals surface area (Å²) in [6.45, 7) is 5.21. The van der Waals surface area contributed by atoms with Crippen molar-refractivity contribution in [3.63, 3.8) is 0 Å². The molecule has 0 saturated heterocycles. The van der Waals surface area contributed by atoms with Crippen LogP contribution in [0, 0.1) is 5.92 Å². The molecule has 3 heteroatoms. The summed E-state index contributed by atoms with van der Waals surface area (Å²) in [5.41, 5.74) is 8.05. The maximum absolute atomic E-state index is 11.9. The Morgan fingerprint density at radius 3 is 2.33 bits per heavy atom. The van der Waals surface area contributed by atoms with Gasteiger partial charge in [0.15, 0.2) is 0 Å². The van der Waals surface area contributed by atoms with Crippen molar-refractivity contribution in [2.24, 2.45) is 11.7 Å². The van der Waals surface area contributed by atoms with Crippen molar-refractivity contribution < 1.29 is 4.79 Å². The number of benzene rings is 1. The Morgan fingerprint density at radius 1 is 1.22 bits per heavy atom. The Bertz CT molecular complexity index is 359. The predicted octanol–water partition coefficient (Wildman–Crippen LogP) is 2.24. The van der Waals surface area contributed by atoms with Gasteiger partial charge in [-0.15, -0.1) is 0 Å². The molecule has 1 amide bonds. The first-order valence-electron chi connectivity index (χ1n) is 6.76. The highest BCUT2D eigenvalue weighted by Crippen LogP contribution is 2.07. The number of rotatable bonds is 7. The number of amides is 1. The highest BCUT2D eigenvalue weighted by Gasteiger charge is 2.14. The molecule has 1 unspecified atom stereocenters. The van der Waals surface area contributed by atoms with E-state index in [4.69, 9.17) is 5.73 Å². The van der Waals surface area contributed by atoms with E-state index in [9.17, 15) is 4.79 Å². The number of carbonyl (C=O) groups excluding carboxylic acids is 1. The normalized spacial score (nSPS) is 12.2. The van der Waals surface area contributed by atoms with E-state index in [-0.39, 0.29) is 11.8 Å². The summed E-state index contributed by atoms with van der Waals surface area (Å²) < 4.78 is 0. The average Bonchev–Trinajstić information content (AvgIpc) is 2.42. The molecule has 0 aliphatic rings. The number of aryl methyl sites for hydroxylation is 1. The van der Waals surface area contributed by atoms with Crippen LogP contribution in [0.2, 0.25) is 0 Å². The summed E-state index contributed by atoms with van der Waals surface area (Å²) in [6, 6.07) is 8.34. The summed E-state index contributed by atoms with van der Waals surface area (Å²) in [5.74, 6) is 0.0174. The van der Waals surface area contributed by atoms with E-state index in [1.54, 1.807) is 0 Å². The van der Waals surface area contributed by atoms with Crippen molar-refractivity contribution in [3.05, 3.63) is 35.4 Å². The monoisotopic (exact) mass is 248 g/mol. The lowest BCUT2D eigenvalue weighted by Gasteiger charge is -2.14. The van der Waals surface area contributed by atoms with Crippen LogP contribution in [-0.4, -0.2) is 12.5 Å². The Labute approximate surface area is 110 Å². The van der Waals surface area contributed by atoms with E-state index >= 15 is 0 Å². The molecule has 3 nitrogen and oxygen atoms in total. The highest BCUT2D eigenvalue weighted by molar-refractivity contribution is 5.78. The fourth-order valence-corrected chi connectivity index (χ4v) is 1.93. The van der Waals surface area contributed by atoms with Gasteiger partial charge in [0.2, 0.25) is 5.91 Å². The molecule has 0 heterocycles. The van der Waals surface area contributed by atoms with Gasteiger partial charge in [-0.25, -0.2) is 0 Å². The lowest BCUT2D eigenvalue weighted by atomic mass is 10.0. The van der Waals surface area contributed by atoms with Gasteiger partial charge in [0.25, 0.3) is 0 Å². The molecule has 0 radical (unpaired) electrons. The zero-order valence-corrected chi connectivity index (χ0v) is 11.4. The van der Waals surface area contributed by atoms with Crippen LogP contribution in [0.1, 0.15) is 37.8 Å². The molecule has 1 atom stereocenters. The van der Waals surface area contributed by atoms with Crippen molar-refractivity contribution in [2.75, 3.05) is 6.54 Å². The molecule has 0 aliphatic carbocycles.